The van der Waals surface area contributed by atoms with E-state index in [4.69, 9.17) is 33.9 Å². The predicted octanol–water partition coefficient (Wildman–Crippen LogP) is 8.89. The Morgan fingerprint density at radius 1 is 0.508 bits per heavy atom. The van der Waals surface area contributed by atoms with E-state index in [9.17, 15) is 69.2 Å². The summed E-state index contributed by atoms with van der Waals surface area (Å²) in [6, 6.07) is 6.52. The molecule has 3 aliphatic rings. The Morgan fingerprint density at radius 3 is 0.905 bits per heavy atom. The Bertz CT molecular complexity index is 2080. The third-order valence-electron chi connectivity index (χ3n) is 9.44. The summed E-state index contributed by atoms with van der Waals surface area (Å²) in [6.45, 7) is 24.2. The molecule has 3 aromatic carbocycles. The average molecular weight is 901 g/mol. The van der Waals surface area contributed by atoms with Crippen LogP contribution in [0.2, 0.25) is 0 Å². The molecule has 6 atom stereocenters. The molecule has 336 valence electrons. The monoisotopic (exact) mass is 900 g/mol. The van der Waals surface area contributed by atoms with Gasteiger partial charge in [-0.1, -0.05) is 18.2 Å². The molecule has 15 nitrogen and oxygen atoms in total. The lowest BCUT2D eigenvalue weighted by Crippen LogP contribution is -2.41. The molecule has 3 aliphatic heterocycles. The lowest BCUT2D eigenvalue weighted by molar-refractivity contribution is -0.137. The largest absolute Gasteiger partial charge is 0.447 e. The van der Waals surface area contributed by atoms with Crippen LogP contribution in [0, 0.1) is 19.7 Å². The number of alkyl halides is 9. The zero-order chi connectivity index (χ0) is 47.4. The SMILES string of the molecule is [C-]#[N+]c1ccc(N2C(=O)OC[C@@H]2C(C)O)cc1C(F)(F)F.[C-]#[N+]c1ccc(N2C(=O)OC[C@@H]2[C@@H](C)O)cc1C(F)(F)F.[C-]#[N+]c1ccc(N2C(=O)OC[C@@H]2[C@H](C)O)cc1C(F)(F)F. The molecule has 0 aliphatic carbocycles. The topological polar surface area (TPSA) is 162 Å². The van der Waals surface area contributed by atoms with E-state index >= 15 is 0 Å². The Balaban J connectivity index is 0.000000207. The number of carbonyl (C=O) groups is 3. The van der Waals surface area contributed by atoms with E-state index < -0.39 is 107 Å². The lowest BCUT2D eigenvalue weighted by Gasteiger charge is -2.24. The van der Waals surface area contributed by atoms with Crippen molar-refractivity contribution >= 4 is 52.4 Å². The van der Waals surface area contributed by atoms with Gasteiger partial charge in [0, 0.05) is 17.1 Å². The van der Waals surface area contributed by atoms with Crippen molar-refractivity contribution < 1.29 is 83.4 Å². The summed E-state index contributed by atoms with van der Waals surface area (Å²) in [4.78, 5) is 46.3. The highest BCUT2D eigenvalue weighted by Crippen LogP contribution is 2.42. The predicted molar refractivity (Wildman–Crippen MR) is 201 cm³/mol. The first-order valence-electron chi connectivity index (χ1n) is 17.9. The molecule has 0 radical (unpaired) electrons. The number of aliphatic hydroxyl groups excluding tert-OH is 3. The lowest BCUT2D eigenvalue weighted by atomic mass is 10.1. The van der Waals surface area contributed by atoms with Gasteiger partial charge >= 0.3 is 36.8 Å². The average Bonchev–Trinajstić information content (AvgIpc) is 3.92. The molecule has 0 saturated carbocycles. The molecular weight excluding hydrogens is 867 g/mol. The Kier molecular flexibility index (Phi) is 14.8. The van der Waals surface area contributed by atoms with Crippen LogP contribution in [-0.4, -0.2) is 89.9 Å². The van der Waals surface area contributed by atoms with E-state index in [1.807, 2.05) is 0 Å². The smallest absolute Gasteiger partial charge is 0.414 e. The normalized spacial score (nSPS) is 20.1. The standard InChI is InChI=1S/3C13H11F3N2O3/c3*1-7(19)11-6-21-12(20)18(11)8-3-4-10(17-2)9(5-8)13(14,15)16/h3*3-5,7,11,19H,6H2,1H3/t7?,11-;7-,11+;7-,11-/m101/s1. The zero-order valence-corrected chi connectivity index (χ0v) is 32.7. The van der Waals surface area contributed by atoms with Gasteiger partial charge in [0.05, 0.1) is 54.7 Å². The fourth-order valence-corrected chi connectivity index (χ4v) is 6.26. The Hall–Kier alpha value is -6.81. The number of ether oxygens (including phenoxy) is 3. The first-order valence-corrected chi connectivity index (χ1v) is 17.9. The van der Waals surface area contributed by atoms with Crippen molar-refractivity contribution in [2.24, 2.45) is 0 Å². The summed E-state index contributed by atoms with van der Waals surface area (Å²) in [7, 11) is 0. The van der Waals surface area contributed by atoms with Gasteiger partial charge in [-0.3, -0.25) is 14.7 Å². The van der Waals surface area contributed by atoms with E-state index in [2.05, 4.69) is 14.5 Å². The molecule has 24 heteroatoms. The van der Waals surface area contributed by atoms with Gasteiger partial charge in [0.1, 0.15) is 37.9 Å². The third-order valence-corrected chi connectivity index (χ3v) is 9.44. The van der Waals surface area contributed by atoms with Crippen LogP contribution in [0.25, 0.3) is 14.5 Å². The van der Waals surface area contributed by atoms with Crippen molar-refractivity contribution in [2.45, 2.75) is 75.7 Å². The second kappa shape index (κ2) is 19.1. The van der Waals surface area contributed by atoms with Gasteiger partial charge in [0.15, 0.2) is 17.1 Å². The molecule has 0 aromatic heterocycles. The summed E-state index contributed by atoms with van der Waals surface area (Å²) in [5, 5.41) is 28.8. The number of aliphatic hydroxyl groups is 3. The van der Waals surface area contributed by atoms with Crippen LogP contribution in [-0.2, 0) is 32.7 Å². The maximum absolute atomic E-state index is 12.9. The van der Waals surface area contributed by atoms with Crippen LogP contribution >= 0.6 is 0 Å². The van der Waals surface area contributed by atoms with Crippen LogP contribution in [0.3, 0.4) is 0 Å². The summed E-state index contributed by atoms with van der Waals surface area (Å²) in [6.07, 6.45) is -19.5. The quantitative estimate of drug-likeness (QED) is 0.125. The van der Waals surface area contributed by atoms with Crippen LogP contribution < -0.4 is 14.7 Å². The Morgan fingerprint density at radius 2 is 0.730 bits per heavy atom. The highest BCUT2D eigenvalue weighted by atomic mass is 19.4. The van der Waals surface area contributed by atoms with Gasteiger partial charge in [-0.25, -0.2) is 28.9 Å². The minimum atomic E-state index is -4.71. The Labute approximate surface area is 351 Å². The van der Waals surface area contributed by atoms with Crippen LogP contribution in [0.4, 0.5) is 88.0 Å². The summed E-state index contributed by atoms with van der Waals surface area (Å²) < 4.78 is 131. The second-order valence-electron chi connectivity index (χ2n) is 13.7. The molecule has 6 rings (SSSR count). The molecular formula is C39H33F9N6O9. The number of halogens is 9. The summed E-state index contributed by atoms with van der Waals surface area (Å²) in [5.41, 5.74) is -5.22. The number of hydrogen-bond donors (Lipinski definition) is 3. The molecule has 3 N–H and O–H groups in total. The summed E-state index contributed by atoms with van der Waals surface area (Å²) >= 11 is 0. The minimum Gasteiger partial charge on any atom is -0.447 e. The number of rotatable bonds is 6. The van der Waals surface area contributed by atoms with Gasteiger partial charge in [-0.15, -0.1) is 0 Å². The summed E-state index contributed by atoms with van der Waals surface area (Å²) in [5.74, 6) is 0. The molecule has 3 aromatic rings. The van der Waals surface area contributed by atoms with Gasteiger partial charge in [-0.2, -0.15) is 39.5 Å². The first-order chi connectivity index (χ1) is 29.3. The number of nitrogens with zero attached hydrogens (tertiary/aromatic N) is 6. The van der Waals surface area contributed by atoms with Crippen molar-refractivity contribution in [3.05, 3.63) is 106 Å². The molecule has 0 bridgehead atoms. The molecule has 3 saturated heterocycles. The van der Waals surface area contributed by atoms with Crippen molar-refractivity contribution in [1.29, 1.82) is 0 Å². The van der Waals surface area contributed by atoms with Gasteiger partial charge in [0.25, 0.3) is 0 Å². The van der Waals surface area contributed by atoms with E-state index in [1.165, 1.54) is 39.0 Å². The van der Waals surface area contributed by atoms with Crippen LogP contribution in [0.1, 0.15) is 37.5 Å². The van der Waals surface area contributed by atoms with Crippen molar-refractivity contribution in [3.8, 4) is 0 Å². The maximum atomic E-state index is 12.9. The molecule has 3 amide bonds. The third kappa shape index (κ3) is 11.0. The van der Waals surface area contributed by atoms with E-state index in [0.717, 1.165) is 51.1 Å². The van der Waals surface area contributed by atoms with Gasteiger partial charge < -0.3 is 29.5 Å². The number of anilines is 3. The van der Waals surface area contributed by atoms with Crippen molar-refractivity contribution in [2.75, 3.05) is 34.5 Å². The first kappa shape index (κ1) is 48.9. The number of carbonyl (C=O) groups excluding carboxylic acids is 3. The van der Waals surface area contributed by atoms with Crippen molar-refractivity contribution in [1.82, 2.24) is 0 Å². The van der Waals surface area contributed by atoms with Crippen molar-refractivity contribution in [3.63, 3.8) is 0 Å². The maximum Gasteiger partial charge on any atom is 0.414 e. The number of amides is 3. The minimum absolute atomic E-state index is 0.0666. The van der Waals surface area contributed by atoms with E-state index in [1.54, 1.807) is 0 Å². The van der Waals surface area contributed by atoms with Gasteiger partial charge in [-0.05, 0) is 57.2 Å². The number of cyclic esters (lactones) is 3. The molecule has 3 heterocycles. The highest BCUT2D eigenvalue weighted by Gasteiger charge is 2.43. The van der Waals surface area contributed by atoms with Crippen LogP contribution in [0.15, 0.2) is 54.6 Å². The highest BCUT2D eigenvalue weighted by molar-refractivity contribution is 5.92. The zero-order valence-electron chi connectivity index (χ0n) is 32.7. The van der Waals surface area contributed by atoms with E-state index in [-0.39, 0.29) is 36.9 Å². The molecule has 3 fully saturated rings. The van der Waals surface area contributed by atoms with Gasteiger partial charge in [0.2, 0.25) is 0 Å². The molecule has 0 spiro atoms. The number of hydrogen-bond acceptors (Lipinski definition) is 9. The molecule has 1 unspecified atom stereocenters. The number of benzene rings is 3. The van der Waals surface area contributed by atoms with E-state index in [0.29, 0.717) is 0 Å². The molecule has 63 heavy (non-hydrogen) atoms. The van der Waals surface area contributed by atoms with Crippen LogP contribution in [0.5, 0.6) is 0 Å². The fourth-order valence-electron chi connectivity index (χ4n) is 6.26. The second-order valence-corrected chi connectivity index (χ2v) is 13.7. The fraction of sp³-hybridized carbons (Fsp3) is 0.385.